The Morgan fingerprint density at radius 3 is 2.65 bits per heavy atom. The van der Waals surface area contributed by atoms with E-state index in [0.29, 0.717) is 0 Å². The predicted molar refractivity (Wildman–Crippen MR) is 94.9 cm³/mol. The lowest BCUT2D eigenvalue weighted by Crippen LogP contribution is -2.40. The van der Waals surface area contributed by atoms with Crippen molar-refractivity contribution in [3.8, 4) is 0 Å². The van der Waals surface area contributed by atoms with Crippen LogP contribution in [0.3, 0.4) is 0 Å². The monoisotopic (exact) mass is 326 g/mol. The van der Waals surface area contributed by atoms with Crippen LogP contribution in [0.5, 0.6) is 0 Å². The van der Waals surface area contributed by atoms with Gasteiger partial charge in [-0.2, -0.15) is 0 Å². The van der Waals surface area contributed by atoms with Crippen molar-refractivity contribution in [2.75, 3.05) is 11.9 Å². The first-order valence-electron chi connectivity index (χ1n) is 7.35. The third kappa shape index (κ3) is 3.70. The van der Waals surface area contributed by atoms with E-state index in [9.17, 15) is 9.90 Å². The highest BCUT2D eigenvalue weighted by Gasteiger charge is 2.24. The summed E-state index contributed by atoms with van der Waals surface area (Å²) in [6, 6.07) is 17.1. The van der Waals surface area contributed by atoms with Gasteiger partial charge in [0.1, 0.15) is 5.60 Å². The van der Waals surface area contributed by atoms with Crippen LogP contribution in [0.15, 0.2) is 60.0 Å². The number of aliphatic hydroxyl groups is 1. The van der Waals surface area contributed by atoms with Crippen molar-refractivity contribution in [2.45, 2.75) is 12.5 Å². The largest absolute Gasteiger partial charge is 0.383 e. The molecule has 2 amide bonds. The highest BCUT2D eigenvalue weighted by atomic mass is 32.1. The van der Waals surface area contributed by atoms with Gasteiger partial charge in [-0.3, -0.25) is 0 Å². The second kappa shape index (κ2) is 6.40. The topological polar surface area (TPSA) is 61.4 Å². The van der Waals surface area contributed by atoms with Crippen molar-refractivity contribution in [3.63, 3.8) is 0 Å². The van der Waals surface area contributed by atoms with Crippen LogP contribution in [0.2, 0.25) is 0 Å². The van der Waals surface area contributed by atoms with Crippen LogP contribution in [0.25, 0.3) is 10.8 Å². The van der Waals surface area contributed by atoms with Gasteiger partial charge >= 0.3 is 6.03 Å². The number of carbonyl (C=O) groups excluding carboxylic acids is 1. The van der Waals surface area contributed by atoms with Crippen LogP contribution in [0, 0.1) is 0 Å². The summed E-state index contributed by atoms with van der Waals surface area (Å²) in [5.41, 5.74) is -0.355. The Hall–Kier alpha value is -2.37. The Kier molecular flexibility index (Phi) is 4.32. The fraction of sp³-hybridized carbons (Fsp3) is 0.167. The Morgan fingerprint density at radius 1 is 1.13 bits per heavy atom. The molecule has 23 heavy (non-hydrogen) atoms. The number of fused-ring (bicyclic) bond motifs is 1. The fourth-order valence-electron chi connectivity index (χ4n) is 2.37. The molecule has 1 heterocycles. The summed E-state index contributed by atoms with van der Waals surface area (Å²) in [6.07, 6.45) is 0. The number of anilines is 1. The summed E-state index contributed by atoms with van der Waals surface area (Å²) in [5.74, 6) is 0. The average molecular weight is 326 g/mol. The minimum absolute atomic E-state index is 0.146. The summed E-state index contributed by atoms with van der Waals surface area (Å²) in [5, 5.41) is 20.0. The molecule has 2 aromatic carbocycles. The van der Waals surface area contributed by atoms with E-state index in [1.807, 2.05) is 60.0 Å². The number of amides is 2. The van der Waals surface area contributed by atoms with Crippen LogP contribution in [-0.2, 0) is 5.60 Å². The van der Waals surface area contributed by atoms with E-state index >= 15 is 0 Å². The first-order valence-corrected chi connectivity index (χ1v) is 8.23. The van der Waals surface area contributed by atoms with Gasteiger partial charge in [0, 0.05) is 10.6 Å². The van der Waals surface area contributed by atoms with Crippen LogP contribution in [-0.4, -0.2) is 17.7 Å². The molecule has 0 spiro atoms. The normalized spacial score (nSPS) is 13.5. The average Bonchev–Trinajstić information content (AvgIpc) is 3.08. The van der Waals surface area contributed by atoms with Crippen molar-refractivity contribution >= 4 is 33.8 Å². The molecule has 3 N–H and O–H groups in total. The Morgan fingerprint density at radius 2 is 1.91 bits per heavy atom. The van der Waals surface area contributed by atoms with E-state index in [4.69, 9.17) is 0 Å². The molecule has 0 bridgehead atoms. The zero-order valence-electron chi connectivity index (χ0n) is 12.7. The quantitative estimate of drug-likeness (QED) is 0.680. The molecular formula is C18H18N2O2S. The first-order chi connectivity index (χ1) is 11.0. The lowest BCUT2D eigenvalue weighted by atomic mass is 10.1. The Labute approximate surface area is 138 Å². The summed E-state index contributed by atoms with van der Waals surface area (Å²) in [4.78, 5) is 12.9. The van der Waals surface area contributed by atoms with Crippen molar-refractivity contribution in [1.29, 1.82) is 0 Å². The predicted octanol–water partition coefficient (Wildman–Crippen LogP) is 3.93. The lowest BCUT2D eigenvalue weighted by molar-refractivity contribution is 0.0637. The number of hydrogen-bond acceptors (Lipinski definition) is 3. The smallest absolute Gasteiger partial charge is 0.319 e. The van der Waals surface area contributed by atoms with Crippen LogP contribution >= 0.6 is 11.3 Å². The molecule has 1 atom stereocenters. The molecule has 0 aliphatic carbocycles. The van der Waals surface area contributed by atoms with Gasteiger partial charge in [-0.25, -0.2) is 4.79 Å². The maximum Gasteiger partial charge on any atom is 0.319 e. The van der Waals surface area contributed by atoms with Crippen molar-refractivity contribution in [3.05, 3.63) is 64.9 Å². The summed E-state index contributed by atoms with van der Waals surface area (Å²) < 4.78 is 0. The zero-order chi connectivity index (χ0) is 16.3. The van der Waals surface area contributed by atoms with Crippen molar-refractivity contribution < 1.29 is 9.90 Å². The second-order valence-corrected chi connectivity index (χ2v) is 6.57. The number of hydrogen-bond donors (Lipinski definition) is 3. The molecule has 0 aliphatic heterocycles. The maximum atomic E-state index is 12.0. The van der Waals surface area contributed by atoms with Crippen LogP contribution < -0.4 is 10.6 Å². The van der Waals surface area contributed by atoms with E-state index in [-0.39, 0.29) is 12.6 Å². The highest BCUT2D eigenvalue weighted by Crippen LogP contribution is 2.24. The lowest BCUT2D eigenvalue weighted by Gasteiger charge is -2.22. The maximum absolute atomic E-state index is 12.0. The molecule has 0 saturated heterocycles. The van der Waals surface area contributed by atoms with Crippen LogP contribution in [0.4, 0.5) is 10.5 Å². The molecule has 5 heteroatoms. The number of nitrogens with one attached hydrogen (secondary N) is 2. The molecule has 0 saturated carbocycles. The molecule has 1 aromatic heterocycles. The number of urea groups is 1. The van der Waals surface area contributed by atoms with Gasteiger partial charge < -0.3 is 15.7 Å². The van der Waals surface area contributed by atoms with Gasteiger partial charge in [0.2, 0.25) is 0 Å². The van der Waals surface area contributed by atoms with E-state index < -0.39 is 5.60 Å². The summed E-state index contributed by atoms with van der Waals surface area (Å²) in [6.45, 7) is 1.84. The summed E-state index contributed by atoms with van der Waals surface area (Å²) in [7, 11) is 0. The minimum Gasteiger partial charge on any atom is -0.383 e. The molecule has 0 aliphatic rings. The highest BCUT2D eigenvalue weighted by molar-refractivity contribution is 7.10. The van der Waals surface area contributed by atoms with Crippen LogP contribution in [0.1, 0.15) is 11.8 Å². The molecule has 3 aromatic rings. The standard InChI is InChI=1S/C18H18N2O2S/c1-18(22,16-7-4-10-23-16)12-19-17(21)20-15-9-8-13-5-2-3-6-14(13)11-15/h2-11,22H,12H2,1H3,(H2,19,20,21). The number of carbonyl (C=O) groups is 1. The van der Waals surface area contributed by atoms with Crippen molar-refractivity contribution in [1.82, 2.24) is 5.32 Å². The third-order valence-corrected chi connectivity index (χ3v) is 4.78. The SMILES string of the molecule is CC(O)(CNC(=O)Nc1ccc2ccccc2c1)c1cccs1. The summed E-state index contributed by atoms with van der Waals surface area (Å²) >= 11 is 1.47. The molecule has 4 nitrogen and oxygen atoms in total. The molecule has 3 rings (SSSR count). The van der Waals surface area contributed by atoms with Gasteiger partial charge in [-0.05, 0) is 41.3 Å². The fourth-order valence-corrected chi connectivity index (χ4v) is 3.15. The van der Waals surface area contributed by atoms with E-state index in [0.717, 1.165) is 21.3 Å². The third-order valence-electron chi connectivity index (χ3n) is 3.65. The first kappa shape index (κ1) is 15.5. The number of thiophene rings is 1. The molecule has 0 fully saturated rings. The number of benzene rings is 2. The van der Waals surface area contributed by atoms with Gasteiger partial charge in [0.15, 0.2) is 0 Å². The Balaban J connectivity index is 1.62. The van der Waals surface area contributed by atoms with Gasteiger partial charge in [-0.15, -0.1) is 11.3 Å². The van der Waals surface area contributed by atoms with E-state index in [1.54, 1.807) is 6.92 Å². The number of rotatable bonds is 4. The van der Waals surface area contributed by atoms with E-state index in [2.05, 4.69) is 10.6 Å². The van der Waals surface area contributed by atoms with E-state index in [1.165, 1.54) is 11.3 Å². The molecule has 1 unspecified atom stereocenters. The molecular weight excluding hydrogens is 308 g/mol. The second-order valence-electron chi connectivity index (χ2n) is 5.62. The minimum atomic E-state index is -1.07. The van der Waals surface area contributed by atoms with Gasteiger partial charge in [0.05, 0.1) is 6.54 Å². The zero-order valence-corrected chi connectivity index (χ0v) is 13.6. The molecule has 118 valence electrons. The van der Waals surface area contributed by atoms with Gasteiger partial charge in [-0.1, -0.05) is 36.4 Å². The van der Waals surface area contributed by atoms with Gasteiger partial charge in [0.25, 0.3) is 0 Å². The Bertz CT molecular complexity index is 813. The van der Waals surface area contributed by atoms with Crippen molar-refractivity contribution in [2.24, 2.45) is 0 Å². The molecule has 0 radical (unpaired) electrons.